The Hall–Kier alpha value is -4.22. The first-order chi connectivity index (χ1) is 19.4. The Balaban J connectivity index is 1.28. The van der Waals surface area contributed by atoms with Gasteiger partial charge in [-0.3, -0.25) is 9.48 Å². The highest BCUT2D eigenvalue weighted by Crippen LogP contribution is 2.37. The van der Waals surface area contributed by atoms with Gasteiger partial charge >= 0.3 is 6.09 Å². The number of fused-ring (bicyclic) bond motifs is 2. The van der Waals surface area contributed by atoms with Crippen LogP contribution >= 0.6 is 0 Å². The van der Waals surface area contributed by atoms with Crippen molar-refractivity contribution in [2.24, 2.45) is 7.05 Å². The lowest BCUT2D eigenvalue weighted by molar-refractivity contribution is 0.0158. The Morgan fingerprint density at radius 2 is 1.83 bits per heavy atom. The molecule has 2 fully saturated rings. The standard InChI is InChI=1S/C29H33F2N7O3/c1-16-12-37-13-17(10-22(31)26(37)32-16)33-27(39)24-21(30)11-23(20-15-35(5)34-25(20)24)36-9-8-19(14-36)38(18-6-7-18)28(40)41-29(2,3)4/h10-13,15,18-19H,6-9,14H2,1-5H3,(H,33,39)/t19-/m1/s1. The molecule has 41 heavy (non-hydrogen) atoms. The average molecular weight is 566 g/mol. The summed E-state index contributed by atoms with van der Waals surface area (Å²) < 4.78 is 39.0. The fourth-order valence-electron chi connectivity index (χ4n) is 5.61. The van der Waals surface area contributed by atoms with Crippen LogP contribution in [0.25, 0.3) is 16.6 Å². The summed E-state index contributed by atoms with van der Waals surface area (Å²) in [5.41, 5.74) is 0.906. The highest BCUT2D eigenvalue weighted by Gasteiger charge is 2.42. The van der Waals surface area contributed by atoms with Crippen molar-refractivity contribution in [3.05, 3.63) is 53.6 Å². The molecule has 1 aliphatic heterocycles. The Labute approximate surface area is 235 Å². The molecule has 4 heterocycles. The molecule has 0 bridgehead atoms. The maximum Gasteiger partial charge on any atom is 0.410 e. The van der Waals surface area contributed by atoms with Gasteiger partial charge in [0.1, 0.15) is 22.5 Å². The van der Waals surface area contributed by atoms with Gasteiger partial charge in [0.05, 0.1) is 23.1 Å². The van der Waals surface area contributed by atoms with Gasteiger partial charge in [-0.1, -0.05) is 0 Å². The van der Waals surface area contributed by atoms with Crippen LogP contribution in [0.5, 0.6) is 0 Å². The molecule has 216 valence electrons. The number of amides is 2. The summed E-state index contributed by atoms with van der Waals surface area (Å²) in [5.74, 6) is -2.08. The van der Waals surface area contributed by atoms with Crippen LogP contribution in [0.2, 0.25) is 0 Å². The lowest BCUT2D eigenvalue weighted by Gasteiger charge is -2.32. The molecule has 1 aromatic carbocycles. The first-order valence-corrected chi connectivity index (χ1v) is 13.8. The zero-order valence-electron chi connectivity index (χ0n) is 23.7. The van der Waals surface area contributed by atoms with Crippen LogP contribution in [0.15, 0.2) is 30.7 Å². The minimum atomic E-state index is -0.738. The van der Waals surface area contributed by atoms with Gasteiger partial charge in [0, 0.05) is 56.2 Å². The summed E-state index contributed by atoms with van der Waals surface area (Å²) in [6.45, 7) is 8.41. The highest BCUT2D eigenvalue weighted by atomic mass is 19.1. The molecule has 1 aliphatic carbocycles. The van der Waals surface area contributed by atoms with E-state index in [9.17, 15) is 14.0 Å². The van der Waals surface area contributed by atoms with Crippen LogP contribution in [0.3, 0.4) is 0 Å². The number of nitrogens with one attached hydrogen (secondary N) is 1. The fourth-order valence-corrected chi connectivity index (χ4v) is 5.61. The topological polar surface area (TPSA) is 97.0 Å². The van der Waals surface area contributed by atoms with E-state index in [1.54, 1.807) is 26.4 Å². The van der Waals surface area contributed by atoms with Gasteiger partial charge in [-0.2, -0.15) is 5.10 Å². The second-order valence-corrected chi connectivity index (χ2v) is 12.0. The number of hydrogen-bond acceptors (Lipinski definition) is 6. The zero-order valence-corrected chi connectivity index (χ0v) is 23.7. The smallest absolute Gasteiger partial charge is 0.410 e. The molecule has 0 spiro atoms. The number of imidazole rings is 1. The lowest BCUT2D eigenvalue weighted by Crippen LogP contribution is -2.46. The predicted octanol–water partition coefficient (Wildman–Crippen LogP) is 5.04. The molecule has 0 unspecified atom stereocenters. The summed E-state index contributed by atoms with van der Waals surface area (Å²) in [6.07, 6.45) is 7.19. The van der Waals surface area contributed by atoms with Crippen LogP contribution in [0.1, 0.15) is 56.1 Å². The Kier molecular flexibility index (Phi) is 6.39. The van der Waals surface area contributed by atoms with E-state index < -0.39 is 23.1 Å². The van der Waals surface area contributed by atoms with Crippen LogP contribution in [-0.2, 0) is 11.8 Å². The molecule has 2 amide bonds. The molecule has 10 nitrogen and oxygen atoms in total. The van der Waals surface area contributed by atoms with E-state index in [1.165, 1.54) is 21.3 Å². The van der Waals surface area contributed by atoms with Gasteiger partial charge < -0.3 is 24.3 Å². The number of anilines is 2. The van der Waals surface area contributed by atoms with Gasteiger partial charge in [-0.25, -0.2) is 18.6 Å². The van der Waals surface area contributed by atoms with Crippen molar-refractivity contribution >= 4 is 39.9 Å². The summed E-state index contributed by atoms with van der Waals surface area (Å²) in [6, 6.07) is 2.58. The SMILES string of the molecule is Cc1cn2cc(NC(=O)c3c(F)cc(N4CC[C@@H](N(C(=O)OC(C)(C)C)C5CC5)C4)c4cn(C)nc34)cc(F)c2n1. The second-order valence-electron chi connectivity index (χ2n) is 12.0. The number of ether oxygens (including phenoxy) is 1. The lowest BCUT2D eigenvalue weighted by atomic mass is 10.1. The van der Waals surface area contributed by atoms with Crippen molar-refractivity contribution in [3.63, 3.8) is 0 Å². The van der Waals surface area contributed by atoms with Crippen LogP contribution in [0.4, 0.5) is 25.0 Å². The number of aromatic nitrogens is 4. The summed E-state index contributed by atoms with van der Waals surface area (Å²) in [5, 5.41) is 7.64. The van der Waals surface area contributed by atoms with E-state index >= 15 is 4.39 Å². The normalized spacial score (nSPS) is 17.4. The van der Waals surface area contributed by atoms with Crippen molar-refractivity contribution in [1.29, 1.82) is 0 Å². The number of pyridine rings is 1. The number of benzene rings is 1. The second kappa shape index (κ2) is 9.71. The predicted molar refractivity (Wildman–Crippen MR) is 150 cm³/mol. The molecule has 2 aliphatic rings. The number of nitrogens with zero attached hydrogens (tertiary/aromatic N) is 6. The number of halogens is 2. The average Bonchev–Trinajstić information content (AvgIpc) is 3.24. The minimum Gasteiger partial charge on any atom is -0.444 e. The first-order valence-electron chi connectivity index (χ1n) is 13.8. The van der Waals surface area contributed by atoms with Crippen molar-refractivity contribution in [1.82, 2.24) is 24.1 Å². The van der Waals surface area contributed by atoms with Crippen LogP contribution in [-0.4, -0.2) is 66.8 Å². The maximum absolute atomic E-state index is 15.7. The van der Waals surface area contributed by atoms with Crippen molar-refractivity contribution in [2.45, 2.75) is 64.6 Å². The molecule has 6 rings (SSSR count). The minimum absolute atomic E-state index is 0.0771. The first kappa shape index (κ1) is 27.0. The molecular formula is C29H33F2N7O3. The van der Waals surface area contributed by atoms with Gasteiger partial charge in [0.15, 0.2) is 11.5 Å². The van der Waals surface area contributed by atoms with E-state index in [1.807, 2.05) is 30.6 Å². The molecule has 1 atom stereocenters. The molecule has 1 saturated heterocycles. The van der Waals surface area contributed by atoms with Crippen molar-refractivity contribution < 1.29 is 23.1 Å². The number of hydrogen-bond donors (Lipinski definition) is 1. The third-order valence-corrected chi connectivity index (χ3v) is 7.40. The molecular weight excluding hydrogens is 532 g/mol. The van der Waals surface area contributed by atoms with Gasteiger partial charge in [0.25, 0.3) is 5.91 Å². The third-order valence-electron chi connectivity index (χ3n) is 7.40. The van der Waals surface area contributed by atoms with Crippen molar-refractivity contribution in [2.75, 3.05) is 23.3 Å². The van der Waals surface area contributed by atoms with Crippen LogP contribution < -0.4 is 10.2 Å². The Bertz CT molecular complexity index is 1690. The van der Waals surface area contributed by atoms with E-state index in [-0.39, 0.29) is 40.6 Å². The Morgan fingerprint density at radius 3 is 2.54 bits per heavy atom. The maximum atomic E-state index is 15.7. The molecule has 1 N–H and O–H groups in total. The van der Waals surface area contributed by atoms with E-state index in [0.717, 1.165) is 18.9 Å². The monoisotopic (exact) mass is 565 g/mol. The molecule has 4 aromatic rings. The molecule has 0 radical (unpaired) electrons. The number of carbonyl (C=O) groups excluding carboxylic acids is 2. The molecule has 12 heteroatoms. The fraction of sp³-hybridized carbons (Fsp3) is 0.448. The Morgan fingerprint density at radius 1 is 1.07 bits per heavy atom. The van der Waals surface area contributed by atoms with Crippen LogP contribution in [0, 0.1) is 18.6 Å². The van der Waals surface area contributed by atoms with E-state index in [0.29, 0.717) is 36.3 Å². The third kappa shape index (κ3) is 5.18. The number of rotatable bonds is 5. The summed E-state index contributed by atoms with van der Waals surface area (Å²) >= 11 is 0. The quantitative estimate of drug-likeness (QED) is 0.364. The number of carbonyl (C=O) groups is 2. The molecule has 3 aromatic heterocycles. The zero-order chi connectivity index (χ0) is 29.2. The van der Waals surface area contributed by atoms with E-state index in [4.69, 9.17) is 4.74 Å². The van der Waals surface area contributed by atoms with Gasteiger partial charge in [-0.05, 0) is 53.0 Å². The summed E-state index contributed by atoms with van der Waals surface area (Å²) in [7, 11) is 1.71. The summed E-state index contributed by atoms with van der Waals surface area (Å²) in [4.78, 5) is 34.4. The van der Waals surface area contributed by atoms with E-state index in [2.05, 4.69) is 15.4 Å². The highest BCUT2D eigenvalue weighted by molar-refractivity contribution is 6.14. The largest absolute Gasteiger partial charge is 0.444 e. The number of aryl methyl sites for hydroxylation is 2. The van der Waals surface area contributed by atoms with Crippen molar-refractivity contribution in [3.8, 4) is 0 Å². The van der Waals surface area contributed by atoms with Gasteiger partial charge in [0.2, 0.25) is 0 Å². The molecule has 1 saturated carbocycles. The van der Waals surface area contributed by atoms with Gasteiger partial charge in [-0.15, -0.1) is 0 Å².